The van der Waals surface area contributed by atoms with Gasteiger partial charge >= 0.3 is 5.97 Å². The number of nitrogens with two attached hydrogens (primary N) is 2. The molecule has 0 rings (SSSR count). The van der Waals surface area contributed by atoms with Gasteiger partial charge in [0, 0.05) is 0 Å². The minimum absolute atomic E-state index is 0.276. The first-order valence-corrected chi connectivity index (χ1v) is 10.0. The number of hydrogen-bond donors (Lipinski definition) is 6. The fourth-order valence-corrected chi connectivity index (χ4v) is 2.58. The van der Waals surface area contributed by atoms with Crippen LogP contribution in [0.2, 0.25) is 0 Å². The number of carboxylic acid groups (broad SMARTS) is 1. The van der Waals surface area contributed by atoms with Gasteiger partial charge in [0.1, 0.15) is 12.1 Å². The van der Waals surface area contributed by atoms with Gasteiger partial charge in [0.25, 0.3) is 0 Å². The van der Waals surface area contributed by atoms with Crippen LogP contribution in [0.4, 0.5) is 0 Å². The number of amides is 4. The highest BCUT2D eigenvalue weighted by atomic mass is 32.2. The molecular weight excluding hydrogens is 390 g/mol. The summed E-state index contributed by atoms with van der Waals surface area (Å²) < 4.78 is 0. The van der Waals surface area contributed by atoms with Crippen LogP contribution in [0.5, 0.6) is 0 Å². The fraction of sp³-hybridized carbons (Fsp3) is 0.688. The molecule has 0 fully saturated rings. The van der Waals surface area contributed by atoms with Crippen LogP contribution < -0.4 is 27.4 Å². The molecule has 0 spiro atoms. The van der Waals surface area contributed by atoms with Gasteiger partial charge < -0.3 is 32.5 Å². The van der Waals surface area contributed by atoms with Gasteiger partial charge in [-0.3, -0.25) is 19.2 Å². The highest BCUT2D eigenvalue weighted by Crippen LogP contribution is 2.04. The Balaban J connectivity index is 4.72. The number of rotatable bonds is 13. The van der Waals surface area contributed by atoms with Crippen LogP contribution in [-0.4, -0.2) is 71.4 Å². The molecule has 0 aromatic carbocycles. The highest BCUT2D eigenvalue weighted by molar-refractivity contribution is 7.98. The van der Waals surface area contributed by atoms with Gasteiger partial charge in [-0.05, 0) is 24.3 Å². The van der Waals surface area contributed by atoms with Crippen LogP contribution in [-0.2, 0) is 24.0 Å². The van der Waals surface area contributed by atoms with Crippen LogP contribution in [0, 0.1) is 5.92 Å². The van der Waals surface area contributed by atoms with E-state index in [1.165, 1.54) is 0 Å². The molecule has 0 aromatic heterocycles. The minimum Gasteiger partial charge on any atom is -0.480 e. The lowest BCUT2D eigenvalue weighted by atomic mass is 10.0. The Labute approximate surface area is 167 Å². The number of carboxylic acids is 1. The average molecular weight is 420 g/mol. The summed E-state index contributed by atoms with van der Waals surface area (Å²) in [4.78, 5) is 58.1. The van der Waals surface area contributed by atoms with Gasteiger partial charge in [0.05, 0.1) is 19.0 Å². The maximum Gasteiger partial charge on any atom is 0.326 e. The first kappa shape index (κ1) is 25.7. The van der Waals surface area contributed by atoms with E-state index >= 15 is 0 Å². The van der Waals surface area contributed by atoms with E-state index in [-0.39, 0.29) is 5.92 Å². The van der Waals surface area contributed by atoms with Crippen LogP contribution >= 0.6 is 11.8 Å². The third kappa shape index (κ3) is 10.1. The first-order valence-electron chi connectivity index (χ1n) is 8.62. The number of nitrogens with one attached hydrogen (secondary N) is 3. The lowest BCUT2D eigenvalue weighted by molar-refractivity contribution is -0.143. The molecule has 3 atom stereocenters. The molecule has 4 amide bonds. The molecule has 160 valence electrons. The lowest BCUT2D eigenvalue weighted by Crippen LogP contribution is -2.55. The molecule has 0 heterocycles. The Bertz CT molecular complexity index is 586. The van der Waals surface area contributed by atoms with E-state index in [9.17, 15) is 24.0 Å². The molecule has 12 heteroatoms. The van der Waals surface area contributed by atoms with E-state index in [0.29, 0.717) is 12.2 Å². The Hall–Kier alpha value is -2.34. The summed E-state index contributed by atoms with van der Waals surface area (Å²) in [7, 11) is 0. The summed E-state index contributed by atoms with van der Waals surface area (Å²) >= 11 is 1.55. The molecule has 0 aromatic rings. The Kier molecular flexibility index (Phi) is 11.9. The molecule has 0 aliphatic carbocycles. The Morgan fingerprint density at radius 3 is 2.14 bits per heavy atom. The molecule has 0 bridgehead atoms. The Morgan fingerprint density at radius 2 is 1.68 bits per heavy atom. The fourth-order valence-electron chi connectivity index (χ4n) is 2.10. The maximum absolute atomic E-state index is 12.3. The molecule has 0 saturated heterocycles. The smallest absolute Gasteiger partial charge is 0.326 e. The predicted molar refractivity (Wildman–Crippen MR) is 104 cm³/mol. The second kappa shape index (κ2) is 12.9. The lowest BCUT2D eigenvalue weighted by Gasteiger charge is -2.23. The zero-order valence-electron chi connectivity index (χ0n) is 16.2. The third-order valence-electron chi connectivity index (χ3n) is 3.68. The van der Waals surface area contributed by atoms with Crippen molar-refractivity contribution < 1.29 is 29.1 Å². The van der Waals surface area contributed by atoms with Crippen LogP contribution in [0.15, 0.2) is 0 Å². The van der Waals surface area contributed by atoms with Crippen molar-refractivity contribution in [3.05, 3.63) is 0 Å². The normalized spacial score (nSPS) is 13.9. The van der Waals surface area contributed by atoms with E-state index < -0.39 is 60.7 Å². The number of thioether (sulfide) groups is 1. The predicted octanol–water partition coefficient (Wildman–Crippen LogP) is -2.23. The van der Waals surface area contributed by atoms with Crippen LogP contribution in [0.1, 0.15) is 26.7 Å². The molecule has 11 nitrogen and oxygen atoms in total. The number of hydrogen-bond acceptors (Lipinski definition) is 7. The quantitative estimate of drug-likeness (QED) is 0.193. The molecule has 0 radical (unpaired) electrons. The molecule has 3 unspecified atom stereocenters. The van der Waals surface area contributed by atoms with Crippen LogP contribution in [0.25, 0.3) is 0 Å². The zero-order valence-corrected chi connectivity index (χ0v) is 17.0. The first-order chi connectivity index (χ1) is 13.0. The van der Waals surface area contributed by atoms with Crippen molar-refractivity contribution in [2.75, 3.05) is 18.6 Å². The molecule has 8 N–H and O–H groups in total. The van der Waals surface area contributed by atoms with Gasteiger partial charge in [0.15, 0.2) is 0 Å². The van der Waals surface area contributed by atoms with E-state index in [2.05, 4.69) is 16.0 Å². The summed E-state index contributed by atoms with van der Waals surface area (Å²) in [5.41, 5.74) is 10.7. The van der Waals surface area contributed by atoms with E-state index in [0.717, 1.165) is 0 Å². The van der Waals surface area contributed by atoms with E-state index in [1.54, 1.807) is 25.6 Å². The third-order valence-corrected chi connectivity index (χ3v) is 4.32. The Morgan fingerprint density at radius 1 is 1.07 bits per heavy atom. The van der Waals surface area contributed by atoms with Gasteiger partial charge in [-0.2, -0.15) is 11.8 Å². The number of carbonyl (C=O) groups excluding carboxylic acids is 4. The summed E-state index contributed by atoms with van der Waals surface area (Å²) in [6.07, 6.45) is 1.77. The van der Waals surface area contributed by atoms with Gasteiger partial charge in [0.2, 0.25) is 23.6 Å². The molecular formula is C16H29N5O6S. The minimum atomic E-state index is -1.49. The molecule has 0 saturated carbocycles. The molecule has 28 heavy (non-hydrogen) atoms. The van der Waals surface area contributed by atoms with Crippen molar-refractivity contribution in [2.45, 2.75) is 44.8 Å². The van der Waals surface area contributed by atoms with E-state index in [4.69, 9.17) is 16.6 Å². The van der Waals surface area contributed by atoms with E-state index in [1.807, 2.05) is 6.26 Å². The molecule has 0 aliphatic heterocycles. The van der Waals surface area contributed by atoms with Gasteiger partial charge in [-0.15, -0.1) is 0 Å². The second-order valence-electron chi connectivity index (χ2n) is 6.46. The number of carbonyl (C=O) groups is 5. The van der Waals surface area contributed by atoms with Crippen LogP contribution in [0.3, 0.4) is 0 Å². The SMILES string of the molecule is CSCCC(N)C(=O)NC(C(=O)NCC(=O)NC(CC(N)=O)C(=O)O)C(C)C. The number of primary amides is 1. The maximum atomic E-state index is 12.3. The van der Waals surface area contributed by atoms with Gasteiger partial charge in [-0.1, -0.05) is 13.8 Å². The topological polar surface area (TPSA) is 194 Å². The largest absolute Gasteiger partial charge is 0.480 e. The van der Waals surface area contributed by atoms with Gasteiger partial charge in [-0.25, -0.2) is 4.79 Å². The average Bonchev–Trinajstić information content (AvgIpc) is 2.60. The molecule has 0 aliphatic rings. The summed E-state index contributed by atoms with van der Waals surface area (Å²) in [5.74, 6) is -3.79. The second-order valence-corrected chi connectivity index (χ2v) is 7.45. The summed E-state index contributed by atoms with van der Waals surface area (Å²) in [6, 6.07) is -3.16. The highest BCUT2D eigenvalue weighted by Gasteiger charge is 2.27. The van der Waals surface area contributed by atoms with Crippen molar-refractivity contribution in [3.63, 3.8) is 0 Å². The summed E-state index contributed by atoms with van der Waals surface area (Å²) in [5, 5.41) is 15.9. The number of aliphatic carboxylic acids is 1. The van der Waals surface area contributed by atoms with Crippen molar-refractivity contribution in [2.24, 2.45) is 17.4 Å². The zero-order chi connectivity index (χ0) is 21.9. The standard InChI is InChI=1S/C16H29N5O6S/c1-8(2)13(21-14(24)9(17)4-5-28-3)15(25)19-7-12(23)20-10(16(26)27)6-11(18)22/h8-10,13H,4-7,17H2,1-3H3,(H2,18,22)(H,19,25)(H,20,23)(H,21,24)(H,26,27). The summed E-state index contributed by atoms with van der Waals surface area (Å²) in [6.45, 7) is 2.90. The van der Waals surface area contributed by atoms with Crippen molar-refractivity contribution in [3.8, 4) is 0 Å². The monoisotopic (exact) mass is 419 g/mol. The van der Waals surface area contributed by atoms with Crippen molar-refractivity contribution in [1.82, 2.24) is 16.0 Å². The van der Waals surface area contributed by atoms with Crippen molar-refractivity contribution >= 4 is 41.4 Å². The van der Waals surface area contributed by atoms with Crippen molar-refractivity contribution in [1.29, 1.82) is 0 Å².